The largest absolute Gasteiger partial charge is 0.480 e. The number of aliphatic carboxylic acids is 1. The van der Waals surface area contributed by atoms with Crippen LogP contribution >= 0.6 is 0 Å². The van der Waals surface area contributed by atoms with E-state index < -0.39 is 18.5 Å². The Bertz CT molecular complexity index is 204. The first-order chi connectivity index (χ1) is 5.58. The molecule has 0 fully saturated rings. The van der Waals surface area contributed by atoms with Crippen molar-refractivity contribution in [1.29, 1.82) is 5.26 Å². The summed E-state index contributed by atoms with van der Waals surface area (Å²) in [6, 6.07) is 0. The Morgan fingerprint density at radius 1 is 1.67 bits per heavy atom. The predicted octanol–water partition coefficient (Wildman–Crippen LogP) is -0.740. The van der Waals surface area contributed by atoms with Gasteiger partial charge in [0.2, 0.25) is 0 Å². The maximum atomic E-state index is 9.85. The number of nitriles is 1. The summed E-state index contributed by atoms with van der Waals surface area (Å²) in [6.07, 6.45) is 2.12. The van der Waals surface area contributed by atoms with E-state index >= 15 is 0 Å². The molecule has 66 valence electrons. The number of carbonyl (C=O) groups excluding carboxylic acids is 1. The molecule has 0 aromatic rings. The molecule has 2 N–H and O–H groups in total. The van der Waals surface area contributed by atoms with Crippen molar-refractivity contribution in [2.75, 3.05) is 6.61 Å². The van der Waals surface area contributed by atoms with Gasteiger partial charge in [0.15, 0.2) is 0 Å². The Morgan fingerprint density at radius 2 is 2.08 bits per heavy atom. The first-order valence-electron chi connectivity index (χ1n) is 2.63. The quantitative estimate of drug-likeness (QED) is 0.323. The van der Waals surface area contributed by atoms with Gasteiger partial charge in [-0.25, -0.2) is 9.59 Å². The second kappa shape index (κ2) is 9.13. The van der Waals surface area contributed by atoms with E-state index in [0.717, 1.165) is 6.08 Å². The Kier molecular flexibility index (Phi) is 9.72. The van der Waals surface area contributed by atoms with Crippen molar-refractivity contribution < 1.29 is 24.5 Å². The Hall–Kier alpha value is -1.87. The second-order valence-electron chi connectivity index (χ2n) is 1.27. The fourth-order valence-corrected chi connectivity index (χ4v) is 0.0867. The number of esters is 1. The van der Waals surface area contributed by atoms with E-state index in [1.807, 2.05) is 0 Å². The van der Waals surface area contributed by atoms with Crippen LogP contribution in [-0.2, 0) is 14.3 Å². The van der Waals surface area contributed by atoms with Crippen LogP contribution < -0.4 is 0 Å². The summed E-state index contributed by atoms with van der Waals surface area (Å²) < 4.78 is 3.74. The molecular formula is C6H7NO5. The van der Waals surface area contributed by atoms with E-state index in [4.69, 9.17) is 20.3 Å². The van der Waals surface area contributed by atoms with Gasteiger partial charge in [-0.3, -0.25) is 0 Å². The maximum absolute atomic E-state index is 9.85. The molecule has 0 aliphatic rings. The lowest BCUT2D eigenvalue weighted by molar-refractivity contribution is -0.140. The summed E-state index contributed by atoms with van der Waals surface area (Å²) >= 11 is 0. The number of rotatable bonds is 2. The summed E-state index contributed by atoms with van der Waals surface area (Å²) in [5.41, 5.74) is 0. The fraction of sp³-hybridized carbons (Fsp3) is 0.167. The lowest BCUT2D eigenvalue weighted by atomic mass is 10.7. The molecule has 0 bridgehead atoms. The first kappa shape index (κ1) is 12.8. The minimum atomic E-state index is -1.19. The summed E-state index contributed by atoms with van der Waals surface area (Å²) in [4.78, 5) is 19.0. The molecule has 0 unspecified atom stereocenters. The number of nitrogens with zero attached hydrogens (tertiary/aromatic N) is 1. The van der Waals surface area contributed by atoms with E-state index in [1.54, 1.807) is 0 Å². The second-order valence-corrected chi connectivity index (χ2v) is 1.27. The van der Waals surface area contributed by atoms with Crippen LogP contribution in [0.15, 0.2) is 12.7 Å². The molecule has 0 aromatic heterocycles. The molecule has 0 heterocycles. The van der Waals surface area contributed by atoms with Gasteiger partial charge in [-0.1, -0.05) is 6.58 Å². The van der Waals surface area contributed by atoms with E-state index in [1.165, 1.54) is 6.26 Å². The van der Waals surface area contributed by atoms with Crippen molar-refractivity contribution in [2.24, 2.45) is 0 Å². The Morgan fingerprint density at radius 3 is 2.17 bits per heavy atom. The molecule has 0 aromatic carbocycles. The van der Waals surface area contributed by atoms with Gasteiger partial charge in [0.25, 0.3) is 6.26 Å². The molecule has 0 aliphatic carbocycles. The maximum Gasteiger partial charge on any atom is 0.345 e. The van der Waals surface area contributed by atoms with E-state index in [0.29, 0.717) is 0 Å². The zero-order valence-electron chi connectivity index (χ0n) is 6.06. The molecule has 12 heavy (non-hydrogen) atoms. The molecule has 0 spiro atoms. The van der Waals surface area contributed by atoms with Gasteiger partial charge in [-0.05, 0) is 0 Å². The summed E-state index contributed by atoms with van der Waals surface area (Å²) in [5, 5.41) is 22.6. The first-order valence-corrected chi connectivity index (χ1v) is 2.63. The zero-order valence-corrected chi connectivity index (χ0v) is 6.06. The predicted molar refractivity (Wildman–Crippen MR) is 36.6 cm³/mol. The average Bonchev–Trinajstić information content (AvgIpc) is 2.06. The highest BCUT2D eigenvalue weighted by atomic mass is 16.5. The molecule has 0 rings (SSSR count). The van der Waals surface area contributed by atoms with Crippen molar-refractivity contribution in [3.63, 3.8) is 0 Å². The minimum absolute atomic E-state index is 0.720. The van der Waals surface area contributed by atoms with Gasteiger partial charge < -0.3 is 14.9 Å². The summed E-state index contributed by atoms with van der Waals surface area (Å²) in [6.45, 7) is 2.28. The number of hydrogen-bond acceptors (Lipinski definition) is 5. The normalized spacial score (nSPS) is 6.67. The highest BCUT2D eigenvalue weighted by Gasteiger charge is 1.87. The van der Waals surface area contributed by atoms with Gasteiger partial charge in [-0.15, -0.1) is 5.26 Å². The van der Waals surface area contributed by atoms with Gasteiger partial charge in [0, 0.05) is 6.08 Å². The van der Waals surface area contributed by atoms with Gasteiger partial charge in [0.1, 0.15) is 6.61 Å². The number of aliphatic hydroxyl groups excluding tert-OH is 1. The van der Waals surface area contributed by atoms with Crippen LogP contribution in [0.1, 0.15) is 0 Å². The van der Waals surface area contributed by atoms with Crippen LogP contribution in [0.25, 0.3) is 0 Å². The molecule has 0 saturated carbocycles. The van der Waals surface area contributed by atoms with Crippen molar-refractivity contribution in [1.82, 2.24) is 0 Å². The zero-order chi connectivity index (χ0) is 9.98. The van der Waals surface area contributed by atoms with Gasteiger partial charge in [-0.2, -0.15) is 0 Å². The van der Waals surface area contributed by atoms with E-state index in [2.05, 4.69) is 11.3 Å². The van der Waals surface area contributed by atoms with Crippen molar-refractivity contribution in [3.05, 3.63) is 12.7 Å². The lowest BCUT2D eigenvalue weighted by Crippen LogP contribution is -1.98. The van der Waals surface area contributed by atoms with Crippen LogP contribution in [0.2, 0.25) is 0 Å². The molecule has 0 radical (unpaired) electrons. The minimum Gasteiger partial charge on any atom is -0.480 e. The monoisotopic (exact) mass is 173 g/mol. The number of aliphatic hydroxyl groups is 1. The van der Waals surface area contributed by atoms with Crippen LogP contribution in [0.3, 0.4) is 0 Å². The number of carboxylic acids is 1. The highest BCUT2D eigenvalue weighted by molar-refractivity contribution is 5.81. The molecule has 6 heteroatoms. The molecular weight excluding hydrogens is 166 g/mol. The SMILES string of the molecule is C=CC(=O)OC#N.O=C(O)CO. The molecule has 6 nitrogen and oxygen atoms in total. The van der Waals surface area contributed by atoms with Crippen molar-refractivity contribution in [3.8, 4) is 6.26 Å². The third-order valence-electron chi connectivity index (χ3n) is 0.448. The van der Waals surface area contributed by atoms with E-state index in [9.17, 15) is 4.79 Å². The summed E-state index contributed by atoms with van der Waals surface area (Å²) in [5.74, 6) is -1.91. The summed E-state index contributed by atoms with van der Waals surface area (Å²) in [7, 11) is 0. The number of ether oxygens (including phenoxy) is 1. The number of carbonyl (C=O) groups is 2. The van der Waals surface area contributed by atoms with Crippen LogP contribution in [0.5, 0.6) is 0 Å². The van der Waals surface area contributed by atoms with Gasteiger partial charge in [0.05, 0.1) is 0 Å². The Balaban J connectivity index is 0. The molecule has 0 saturated heterocycles. The van der Waals surface area contributed by atoms with Crippen LogP contribution in [0.4, 0.5) is 0 Å². The highest BCUT2D eigenvalue weighted by Crippen LogP contribution is 1.71. The molecule has 0 amide bonds. The van der Waals surface area contributed by atoms with E-state index in [-0.39, 0.29) is 0 Å². The molecule has 0 atom stereocenters. The van der Waals surface area contributed by atoms with Crippen LogP contribution in [0, 0.1) is 11.5 Å². The van der Waals surface area contributed by atoms with Crippen molar-refractivity contribution >= 4 is 11.9 Å². The average molecular weight is 173 g/mol. The standard InChI is InChI=1S/C4H3NO2.C2H4O3/c1-2-4(6)7-3-5;3-1-2(4)5/h2H,1H2;3H,1H2,(H,4,5). The molecule has 0 aliphatic heterocycles. The third-order valence-corrected chi connectivity index (χ3v) is 0.448. The fourth-order valence-electron chi connectivity index (χ4n) is 0.0867. The number of carboxylic acid groups (broad SMARTS) is 1. The third kappa shape index (κ3) is 15.7. The van der Waals surface area contributed by atoms with Gasteiger partial charge >= 0.3 is 11.9 Å². The Labute approximate surface area is 68.3 Å². The topological polar surface area (TPSA) is 108 Å². The lowest BCUT2D eigenvalue weighted by Gasteiger charge is -1.77. The van der Waals surface area contributed by atoms with Crippen molar-refractivity contribution in [2.45, 2.75) is 0 Å². The smallest absolute Gasteiger partial charge is 0.345 e. The van der Waals surface area contributed by atoms with Crippen LogP contribution in [-0.4, -0.2) is 28.8 Å². The number of hydrogen-bond donors (Lipinski definition) is 2.